The van der Waals surface area contributed by atoms with Crippen molar-refractivity contribution < 1.29 is 4.39 Å². The Morgan fingerprint density at radius 1 is 1.33 bits per heavy atom. The zero-order valence-electron chi connectivity index (χ0n) is 9.25. The van der Waals surface area contributed by atoms with Crippen LogP contribution in [0.2, 0.25) is 0 Å². The van der Waals surface area contributed by atoms with Crippen LogP contribution in [0.1, 0.15) is 18.4 Å². The van der Waals surface area contributed by atoms with Crippen LogP contribution in [0.25, 0.3) is 0 Å². The molecule has 1 aliphatic rings. The molecule has 0 aliphatic carbocycles. The number of likely N-dealkylation sites (tertiary alicyclic amines) is 1. The highest BCUT2D eigenvalue weighted by Crippen LogP contribution is 2.19. The number of hydrogen-bond donors (Lipinski definition) is 0. The van der Waals surface area contributed by atoms with Crippen LogP contribution in [0.15, 0.2) is 24.3 Å². The summed E-state index contributed by atoms with van der Waals surface area (Å²) in [5, 5.41) is 0. The predicted octanol–water partition coefficient (Wildman–Crippen LogP) is 2.71. The van der Waals surface area contributed by atoms with Crippen molar-refractivity contribution in [3.05, 3.63) is 35.6 Å². The predicted molar refractivity (Wildman–Crippen MR) is 60.3 cm³/mol. The fourth-order valence-electron chi connectivity index (χ4n) is 2.39. The molecular weight excluding hydrogens is 189 g/mol. The highest BCUT2D eigenvalue weighted by molar-refractivity contribution is 5.16. The van der Waals surface area contributed by atoms with Gasteiger partial charge in [0.15, 0.2) is 0 Å². The maximum Gasteiger partial charge on any atom is 0.123 e. The standard InChI is InChI=1S/C13H18FN/c1-15-8-2-3-12(10-15)9-11-4-6-13(14)7-5-11/h4-7,12H,2-3,8-10H2,1H3/t12-/m1/s1. The summed E-state index contributed by atoms with van der Waals surface area (Å²) in [5.41, 5.74) is 1.26. The van der Waals surface area contributed by atoms with Crippen molar-refractivity contribution in [3.8, 4) is 0 Å². The van der Waals surface area contributed by atoms with E-state index in [4.69, 9.17) is 0 Å². The summed E-state index contributed by atoms with van der Waals surface area (Å²) in [6, 6.07) is 6.93. The van der Waals surface area contributed by atoms with Crippen LogP contribution in [0.4, 0.5) is 4.39 Å². The van der Waals surface area contributed by atoms with Crippen molar-refractivity contribution in [2.75, 3.05) is 20.1 Å². The average molecular weight is 207 g/mol. The highest BCUT2D eigenvalue weighted by atomic mass is 19.1. The zero-order valence-corrected chi connectivity index (χ0v) is 9.25. The Bertz CT molecular complexity index is 307. The summed E-state index contributed by atoms with van der Waals surface area (Å²) in [4.78, 5) is 2.39. The van der Waals surface area contributed by atoms with E-state index in [0.717, 1.165) is 12.3 Å². The first-order valence-corrected chi connectivity index (χ1v) is 5.67. The maximum atomic E-state index is 12.7. The molecule has 0 unspecified atom stereocenters. The molecule has 1 fully saturated rings. The molecule has 2 rings (SSSR count). The monoisotopic (exact) mass is 207 g/mol. The molecule has 82 valence electrons. The molecule has 1 aromatic carbocycles. The fraction of sp³-hybridized carbons (Fsp3) is 0.538. The van der Waals surface area contributed by atoms with E-state index in [-0.39, 0.29) is 5.82 Å². The molecule has 0 N–H and O–H groups in total. The molecule has 1 aromatic rings. The summed E-state index contributed by atoms with van der Waals surface area (Å²) in [6.45, 7) is 2.40. The quantitative estimate of drug-likeness (QED) is 0.720. The molecule has 0 spiro atoms. The number of benzene rings is 1. The summed E-state index contributed by atoms with van der Waals surface area (Å²) >= 11 is 0. The van der Waals surface area contributed by atoms with E-state index in [2.05, 4.69) is 11.9 Å². The number of halogens is 1. The van der Waals surface area contributed by atoms with Gasteiger partial charge >= 0.3 is 0 Å². The summed E-state index contributed by atoms with van der Waals surface area (Å²) < 4.78 is 12.7. The normalized spacial score (nSPS) is 22.9. The third-order valence-corrected chi connectivity index (χ3v) is 3.16. The molecule has 1 aliphatic heterocycles. The maximum absolute atomic E-state index is 12.7. The Morgan fingerprint density at radius 2 is 2.07 bits per heavy atom. The van der Waals surface area contributed by atoms with E-state index in [1.54, 1.807) is 12.1 Å². The van der Waals surface area contributed by atoms with Gasteiger partial charge in [-0.1, -0.05) is 12.1 Å². The first-order valence-electron chi connectivity index (χ1n) is 5.67. The molecule has 1 nitrogen and oxygen atoms in total. The highest BCUT2D eigenvalue weighted by Gasteiger charge is 2.17. The van der Waals surface area contributed by atoms with Gasteiger partial charge < -0.3 is 4.90 Å². The second-order valence-corrected chi connectivity index (χ2v) is 4.60. The molecule has 0 radical (unpaired) electrons. The van der Waals surface area contributed by atoms with Crippen molar-refractivity contribution in [1.29, 1.82) is 0 Å². The molecular formula is C13H18FN. The number of nitrogens with zero attached hydrogens (tertiary/aromatic N) is 1. The van der Waals surface area contributed by atoms with Crippen molar-refractivity contribution in [2.45, 2.75) is 19.3 Å². The van der Waals surface area contributed by atoms with Crippen LogP contribution < -0.4 is 0 Å². The number of piperidine rings is 1. The van der Waals surface area contributed by atoms with Gasteiger partial charge in [-0.15, -0.1) is 0 Å². The third kappa shape index (κ3) is 3.03. The molecule has 2 heteroatoms. The minimum absolute atomic E-state index is 0.139. The molecule has 0 aromatic heterocycles. The third-order valence-electron chi connectivity index (χ3n) is 3.16. The van der Waals surface area contributed by atoms with E-state index >= 15 is 0 Å². The first kappa shape index (κ1) is 10.6. The van der Waals surface area contributed by atoms with Crippen LogP contribution in [-0.4, -0.2) is 25.0 Å². The minimum atomic E-state index is -0.139. The van der Waals surface area contributed by atoms with Gasteiger partial charge in [0.1, 0.15) is 5.82 Å². The van der Waals surface area contributed by atoms with E-state index < -0.39 is 0 Å². The van der Waals surface area contributed by atoms with Gasteiger partial charge in [-0.25, -0.2) is 4.39 Å². The van der Waals surface area contributed by atoms with E-state index in [0.29, 0.717) is 0 Å². The topological polar surface area (TPSA) is 3.24 Å². The van der Waals surface area contributed by atoms with Crippen molar-refractivity contribution >= 4 is 0 Å². The van der Waals surface area contributed by atoms with Gasteiger partial charge in [-0.2, -0.15) is 0 Å². The first-order chi connectivity index (χ1) is 7.24. The van der Waals surface area contributed by atoms with Crippen LogP contribution in [0, 0.1) is 11.7 Å². The second-order valence-electron chi connectivity index (χ2n) is 4.60. The lowest BCUT2D eigenvalue weighted by Crippen LogP contribution is -2.32. The Kier molecular flexibility index (Phi) is 3.37. The Hall–Kier alpha value is -0.890. The molecule has 1 heterocycles. The van der Waals surface area contributed by atoms with Crippen molar-refractivity contribution in [3.63, 3.8) is 0 Å². The van der Waals surface area contributed by atoms with Crippen molar-refractivity contribution in [1.82, 2.24) is 4.90 Å². The van der Waals surface area contributed by atoms with Crippen LogP contribution in [0.5, 0.6) is 0 Å². The van der Waals surface area contributed by atoms with E-state index in [1.165, 1.54) is 31.5 Å². The molecule has 1 atom stereocenters. The average Bonchev–Trinajstić information content (AvgIpc) is 2.22. The minimum Gasteiger partial charge on any atom is -0.306 e. The second kappa shape index (κ2) is 4.75. The molecule has 15 heavy (non-hydrogen) atoms. The smallest absolute Gasteiger partial charge is 0.123 e. The van der Waals surface area contributed by atoms with Gasteiger partial charge in [0, 0.05) is 6.54 Å². The Morgan fingerprint density at radius 3 is 2.73 bits per heavy atom. The Balaban J connectivity index is 1.93. The summed E-state index contributed by atoms with van der Waals surface area (Å²) in [7, 11) is 2.18. The number of rotatable bonds is 2. The van der Waals surface area contributed by atoms with Gasteiger partial charge in [0.25, 0.3) is 0 Å². The summed E-state index contributed by atoms with van der Waals surface area (Å²) in [5.74, 6) is 0.605. The molecule has 0 bridgehead atoms. The van der Waals surface area contributed by atoms with Crippen LogP contribution in [-0.2, 0) is 6.42 Å². The zero-order chi connectivity index (χ0) is 10.7. The van der Waals surface area contributed by atoms with E-state index in [9.17, 15) is 4.39 Å². The molecule has 1 saturated heterocycles. The largest absolute Gasteiger partial charge is 0.306 e. The SMILES string of the molecule is CN1CCC[C@H](Cc2ccc(F)cc2)C1. The lowest BCUT2D eigenvalue weighted by Gasteiger charge is -2.29. The Labute approximate surface area is 90.9 Å². The van der Waals surface area contributed by atoms with Gasteiger partial charge in [0.05, 0.1) is 0 Å². The fourth-order valence-corrected chi connectivity index (χ4v) is 2.39. The van der Waals surface area contributed by atoms with Crippen LogP contribution in [0.3, 0.4) is 0 Å². The molecule has 0 saturated carbocycles. The van der Waals surface area contributed by atoms with Gasteiger partial charge in [-0.3, -0.25) is 0 Å². The van der Waals surface area contributed by atoms with Crippen LogP contribution >= 0.6 is 0 Å². The number of hydrogen-bond acceptors (Lipinski definition) is 1. The summed E-state index contributed by atoms with van der Waals surface area (Å²) in [6.07, 6.45) is 3.69. The van der Waals surface area contributed by atoms with Gasteiger partial charge in [0.2, 0.25) is 0 Å². The lowest BCUT2D eigenvalue weighted by molar-refractivity contribution is 0.209. The van der Waals surface area contributed by atoms with Gasteiger partial charge in [-0.05, 0) is 56.5 Å². The van der Waals surface area contributed by atoms with E-state index in [1.807, 2.05) is 12.1 Å². The molecule has 0 amide bonds. The lowest BCUT2D eigenvalue weighted by atomic mass is 9.91. The van der Waals surface area contributed by atoms with Crippen molar-refractivity contribution in [2.24, 2.45) is 5.92 Å².